The summed E-state index contributed by atoms with van der Waals surface area (Å²) >= 11 is 0. The third-order valence-corrected chi connectivity index (χ3v) is 3.01. The molecular weight excluding hydrogens is 252 g/mol. The second-order valence-electron chi connectivity index (χ2n) is 4.37. The zero-order valence-corrected chi connectivity index (χ0v) is 10.8. The molecule has 3 aromatic rings. The highest BCUT2D eigenvalue weighted by Crippen LogP contribution is 2.22. The second kappa shape index (κ2) is 5.44. The number of urea groups is 1. The first-order chi connectivity index (χ1) is 9.83. The molecule has 0 radical (unpaired) electrons. The smallest absolute Gasteiger partial charge is 0.319 e. The van der Waals surface area contributed by atoms with Crippen molar-refractivity contribution in [3.8, 4) is 0 Å². The van der Waals surface area contributed by atoms with Crippen molar-refractivity contribution < 1.29 is 4.79 Å². The number of fused-ring (bicyclic) bond motifs is 1. The molecule has 0 fully saturated rings. The number of carbonyl (C=O) groups excluding carboxylic acids is 1. The summed E-state index contributed by atoms with van der Waals surface area (Å²) in [6, 6.07) is 13.5. The highest BCUT2D eigenvalue weighted by molar-refractivity contribution is 6.01. The van der Waals surface area contributed by atoms with Crippen LogP contribution in [0.5, 0.6) is 0 Å². The number of hydrogen-bond acceptors (Lipinski definition) is 2. The van der Waals surface area contributed by atoms with Crippen molar-refractivity contribution in [2.24, 2.45) is 0 Å². The number of aromatic nitrogens is 2. The molecule has 3 rings (SSSR count). The molecule has 100 valence electrons. The number of nitrogens with one attached hydrogen (secondary N) is 3. The van der Waals surface area contributed by atoms with Crippen LogP contribution in [0.1, 0.15) is 5.82 Å². The van der Waals surface area contributed by atoms with Crippen LogP contribution in [0.4, 0.5) is 10.5 Å². The normalized spacial score (nSPS) is 10.4. The van der Waals surface area contributed by atoms with Gasteiger partial charge in [0.05, 0.1) is 12.2 Å². The van der Waals surface area contributed by atoms with Crippen molar-refractivity contribution in [2.45, 2.75) is 6.54 Å². The molecule has 2 aromatic carbocycles. The second-order valence-corrected chi connectivity index (χ2v) is 4.37. The fourth-order valence-electron chi connectivity index (χ4n) is 2.06. The molecule has 3 N–H and O–H groups in total. The van der Waals surface area contributed by atoms with E-state index in [0.717, 1.165) is 22.3 Å². The molecule has 0 aliphatic heterocycles. The predicted molar refractivity (Wildman–Crippen MR) is 78.4 cm³/mol. The van der Waals surface area contributed by atoms with Gasteiger partial charge in [-0.25, -0.2) is 9.78 Å². The Balaban J connectivity index is 1.71. The van der Waals surface area contributed by atoms with Crippen LogP contribution in [-0.2, 0) is 6.54 Å². The summed E-state index contributed by atoms with van der Waals surface area (Å²) in [5.74, 6) is 0.720. The molecule has 0 saturated carbocycles. The molecule has 1 heterocycles. The van der Waals surface area contributed by atoms with Crippen molar-refractivity contribution in [1.82, 2.24) is 15.3 Å². The van der Waals surface area contributed by atoms with E-state index < -0.39 is 0 Å². The molecule has 5 heteroatoms. The number of H-pyrrole nitrogens is 1. The highest BCUT2D eigenvalue weighted by atomic mass is 16.2. The molecule has 0 atom stereocenters. The number of aromatic amines is 1. The van der Waals surface area contributed by atoms with Crippen molar-refractivity contribution in [3.05, 3.63) is 60.7 Å². The lowest BCUT2D eigenvalue weighted by Crippen LogP contribution is -2.28. The van der Waals surface area contributed by atoms with Gasteiger partial charge in [0.1, 0.15) is 5.82 Å². The predicted octanol–water partition coefficient (Wildman–Crippen LogP) is 2.88. The Bertz CT molecular complexity index is 716. The topological polar surface area (TPSA) is 69.8 Å². The Morgan fingerprint density at radius 2 is 2.00 bits per heavy atom. The maximum absolute atomic E-state index is 11.9. The summed E-state index contributed by atoms with van der Waals surface area (Å²) < 4.78 is 0. The van der Waals surface area contributed by atoms with Gasteiger partial charge in [0.2, 0.25) is 0 Å². The van der Waals surface area contributed by atoms with Crippen LogP contribution < -0.4 is 10.6 Å². The van der Waals surface area contributed by atoms with E-state index in [1.165, 1.54) is 0 Å². The van der Waals surface area contributed by atoms with E-state index in [4.69, 9.17) is 0 Å². The van der Waals surface area contributed by atoms with Crippen LogP contribution >= 0.6 is 0 Å². The molecule has 0 saturated heterocycles. The van der Waals surface area contributed by atoms with Crippen molar-refractivity contribution in [2.75, 3.05) is 5.32 Å². The van der Waals surface area contributed by atoms with E-state index in [1.807, 2.05) is 42.5 Å². The number of benzene rings is 2. The summed E-state index contributed by atoms with van der Waals surface area (Å²) in [7, 11) is 0. The van der Waals surface area contributed by atoms with Crippen molar-refractivity contribution in [1.29, 1.82) is 0 Å². The standard InChI is InChI=1S/C15H14N4O/c20-15(18-10-14-16-8-9-17-14)19-13-7-3-5-11-4-1-2-6-12(11)13/h1-9H,10H2,(H,16,17)(H2,18,19,20). The van der Waals surface area contributed by atoms with E-state index >= 15 is 0 Å². The molecular formula is C15H14N4O. The molecule has 5 nitrogen and oxygen atoms in total. The van der Waals surface area contributed by atoms with Crippen LogP contribution in [0.15, 0.2) is 54.9 Å². The number of anilines is 1. The van der Waals surface area contributed by atoms with Crippen LogP contribution in [0.3, 0.4) is 0 Å². The SMILES string of the molecule is O=C(NCc1ncc[nH]1)Nc1cccc2ccccc12. The number of nitrogens with zero attached hydrogens (tertiary/aromatic N) is 1. The quantitative estimate of drug-likeness (QED) is 0.682. The van der Waals surface area contributed by atoms with Gasteiger partial charge in [-0.1, -0.05) is 36.4 Å². The lowest BCUT2D eigenvalue weighted by Gasteiger charge is -2.09. The van der Waals surface area contributed by atoms with E-state index in [-0.39, 0.29) is 6.03 Å². The molecule has 0 aliphatic rings. The fraction of sp³-hybridized carbons (Fsp3) is 0.0667. The van der Waals surface area contributed by atoms with E-state index in [2.05, 4.69) is 20.6 Å². The Kier molecular flexibility index (Phi) is 3.33. The van der Waals surface area contributed by atoms with E-state index in [1.54, 1.807) is 12.4 Å². The largest absolute Gasteiger partial charge is 0.347 e. The molecule has 1 aromatic heterocycles. The lowest BCUT2D eigenvalue weighted by atomic mass is 10.1. The van der Waals surface area contributed by atoms with Gasteiger partial charge in [-0.2, -0.15) is 0 Å². The highest BCUT2D eigenvalue weighted by Gasteiger charge is 2.05. The molecule has 0 spiro atoms. The minimum atomic E-state index is -0.252. The lowest BCUT2D eigenvalue weighted by molar-refractivity contribution is 0.251. The monoisotopic (exact) mass is 266 g/mol. The zero-order valence-electron chi connectivity index (χ0n) is 10.8. The minimum Gasteiger partial charge on any atom is -0.347 e. The molecule has 2 amide bonds. The van der Waals surface area contributed by atoms with Gasteiger partial charge in [-0.3, -0.25) is 0 Å². The third-order valence-electron chi connectivity index (χ3n) is 3.01. The molecule has 20 heavy (non-hydrogen) atoms. The van der Waals surface area contributed by atoms with Crippen molar-refractivity contribution in [3.63, 3.8) is 0 Å². The van der Waals surface area contributed by atoms with Crippen LogP contribution in [0.25, 0.3) is 10.8 Å². The van der Waals surface area contributed by atoms with Crippen LogP contribution in [-0.4, -0.2) is 16.0 Å². The number of hydrogen-bond donors (Lipinski definition) is 3. The van der Waals surface area contributed by atoms with Gasteiger partial charge in [-0.05, 0) is 11.5 Å². The number of rotatable bonds is 3. The summed E-state index contributed by atoms with van der Waals surface area (Å²) in [4.78, 5) is 18.9. The molecule has 0 aliphatic carbocycles. The fourth-order valence-corrected chi connectivity index (χ4v) is 2.06. The Morgan fingerprint density at radius 3 is 2.85 bits per heavy atom. The summed E-state index contributed by atoms with van der Waals surface area (Å²) in [5.41, 5.74) is 0.792. The first-order valence-corrected chi connectivity index (χ1v) is 6.34. The Hall–Kier alpha value is -2.82. The average Bonchev–Trinajstić information content (AvgIpc) is 2.99. The number of imidazole rings is 1. The van der Waals surface area contributed by atoms with Gasteiger partial charge in [0.25, 0.3) is 0 Å². The summed E-state index contributed by atoms with van der Waals surface area (Å²) in [5, 5.41) is 7.72. The summed E-state index contributed by atoms with van der Waals surface area (Å²) in [6.07, 6.45) is 3.37. The van der Waals surface area contributed by atoms with Crippen LogP contribution in [0.2, 0.25) is 0 Å². The minimum absolute atomic E-state index is 0.252. The average molecular weight is 266 g/mol. The number of amides is 2. The zero-order chi connectivity index (χ0) is 13.8. The maximum Gasteiger partial charge on any atom is 0.319 e. The third kappa shape index (κ3) is 2.61. The Morgan fingerprint density at radius 1 is 1.15 bits per heavy atom. The van der Waals surface area contributed by atoms with Gasteiger partial charge in [0, 0.05) is 17.8 Å². The van der Waals surface area contributed by atoms with Crippen molar-refractivity contribution >= 4 is 22.5 Å². The van der Waals surface area contributed by atoms with E-state index in [9.17, 15) is 4.79 Å². The van der Waals surface area contributed by atoms with Gasteiger partial charge < -0.3 is 15.6 Å². The van der Waals surface area contributed by atoms with Gasteiger partial charge >= 0.3 is 6.03 Å². The summed E-state index contributed by atoms with van der Waals surface area (Å²) in [6.45, 7) is 0.365. The first kappa shape index (κ1) is 12.2. The van der Waals surface area contributed by atoms with Crippen LogP contribution in [0, 0.1) is 0 Å². The van der Waals surface area contributed by atoms with E-state index in [0.29, 0.717) is 6.54 Å². The van der Waals surface area contributed by atoms with Gasteiger partial charge in [0.15, 0.2) is 0 Å². The molecule has 0 bridgehead atoms. The Labute approximate surface area is 116 Å². The first-order valence-electron chi connectivity index (χ1n) is 6.34. The number of carbonyl (C=O) groups is 1. The van der Waals surface area contributed by atoms with Gasteiger partial charge in [-0.15, -0.1) is 0 Å². The maximum atomic E-state index is 11.9. The molecule has 0 unspecified atom stereocenters.